The Bertz CT molecular complexity index is 366. The van der Waals surface area contributed by atoms with Crippen molar-refractivity contribution in [3.8, 4) is 0 Å². The summed E-state index contributed by atoms with van der Waals surface area (Å²) >= 11 is 4.72. The van der Waals surface area contributed by atoms with Crippen molar-refractivity contribution in [2.24, 2.45) is 5.73 Å². The standard InChI is InChI=1S/C11H15FN2S/c1-3-7(2)14-8-4-5-9(11(13)15)10(12)6-8/h4-7,14H,3H2,1-2H3,(H2,13,15). The van der Waals surface area contributed by atoms with Gasteiger partial charge in [-0.25, -0.2) is 4.39 Å². The number of anilines is 1. The molecule has 0 spiro atoms. The number of thiocarbonyl (C=S) groups is 1. The molecule has 1 rings (SSSR count). The highest BCUT2D eigenvalue weighted by Gasteiger charge is 2.06. The van der Waals surface area contributed by atoms with Gasteiger partial charge in [-0.2, -0.15) is 0 Å². The van der Waals surface area contributed by atoms with Crippen molar-refractivity contribution < 1.29 is 4.39 Å². The van der Waals surface area contributed by atoms with Crippen molar-refractivity contribution in [3.63, 3.8) is 0 Å². The van der Waals surface area contributed by atoms with E-state index in [1.165, 1.54) is 6.07 Å². The van der Waals surface area contributed by atoms with Crippen LogP contribution in [0.25, 0.3) is 0 Å². The Morgan fingerprint density at radius 3 is 2.73 bits per heavy atom. The third kappa shape index (κ3) is 3.16. The predicted molar refractivity (Wildman–Crippen MR) is 65.7 cm³/mol. The minimum Gasteiger partial charge on any atom is -0.389 e. The van der Waals surface area contributed by atoms with Crippen LogP contribution in [0.2, 0.25) is 0 Å². The van der Waals surface area contributed by atoms with Gasteiger partial charge in [-0.3, -0.25) is 0 Å². The van der Waals surface area contributed by atoms with Gasteiger partial charge in [0.2, 0.25) is 0 Å². The molecule has 2 nitrogen and oxygen atoms in total. The fourth-order valence-corrected chi connectivity index (χ4v) is 1.36. The average molecular weight is 226 g/mol. The van der Waals surface area contributed by atoms with Crippen LogP contribution in [0.1, 0.15) is 25.8 Å². The van der Waals surface area contributed by atoms with Gasteiger partial charge in [0.15, 0.2) is 0 Å². The third-order valence-electron chi connectivity index (χ3n) is 2.26. The SMILES string of the molecule is CCC(C)Nc1ccc(C(N)=S)c(F)c1. The van der Waals surface area contributed by atoms with Gasteiger partial charge in [0.1, 0.15) is 10.8 Å². The second-order valence-corrected chi connectivity index (χ2v) is 3.95. The van der Waals surface area contributed by atoms with E-state index in [0.29, 0.717) is 11.6 Å². The summed E-state index contributed by atoms with van der Waals surface area (Å²) in [7, 11) is 0. The third-order valence-corrected chi connectivity index (χ3v) is 2.48. The van der Waals surface area contributed by atoms with Gasteiger partial charge in [-0.05, 0) is 31.5 Å². The van der Waals surface area contributed by atoms with E-state index in [1.54, 1.807) is 12.1 Å². The van der Waals surface area contributed by atoms with E-state index >= 15 is 0 Å². The predicted octanol–water partition coefficient (Wildman–Crippen LogP) is 2.67. The van der Waals surface area contributed by atoms with Crippen LogP contribution in [-0.2, 0) is 0 Å². The average Bonchev–Trinajstić information content (AvgIpc) is 2.17. The van der Waals surface area contributed by atoms with Gasteiger partial charge in [0.25, 0.3) is 0 Å². The first-order chi connectivity index (χ1) is 7.04. The highest BCUT2D eigenvalue weighted by Crippen LogP contribution is 2.15. The molecule has 1 aromatic carbocycles. The molecule has 1 unspecified atom stereocenters. The minimum atomic E-state index is -0.379. The topological polar surface area (TPSA) is 38.0 Å². The first kappa shape index (κ1) is 11.9. The molecule has 0 saturated heterocycles. The Balaban J connectivity index is 2.87. The molecule has 0 saturated carbocycles. The summed E-state index contributed by atoms with van der Waals surface area (Å²) in [6.07, 6.45) is 0.985. The molecule has 3 N–H and O–H groups in total. The summed E-state index contributed by atoms with van der Waals surface area (Å²) < 4.78 is 13.4. The fourth-order valence-electron chi connectivity index (χ4n) is 1.19. The first-order valence-corrected chi connectivity index (χ1v) is 5.31. The molecule has 82 valence electrons. The van der Waals surface area contributed by atoms with Crippen LogP contribution in [-0.4, -0.2) is 11.0 Å². The lowest BCUT2D eigenvalue weighted by molar-refractivity contribution is 0.625. The minimum absolute atomic E-state index is 0.0857. The number of nitrogens with one attached hydrogen (secondary N) is 1. The molecule has 0 aliphatic heterocycles. The van der Waals surface area contributed by atoms with Crippen molar-refractivity contribution >= 4 is 22.9 Å². The maximum Gasteiger partial charge on any atom is 0.135 e. The highest BCUT2D eigenvalue weighted by molar-refractivity contribution is 7.80. The molecule has 1 aromatic rings. The molecule has 1 atom stereocenters. The smallest absolute Gasteiger partial charge is 0.135 e. The zero-order valence-electron chi connectivity index (χ0n) is 8.88. The number of hydrogen-bond donors (Lipinski definition) is 2. The number of hydrogen-bond acceptors (Lipinski definition) is 2. The first-order valence-electron chi connectivity index (χ1n) is 4.90. The summed E-state index contributed by atoms with van der Waals surface area (Å²) in [4.78, 5) is 0.0857. The number of rotatable bonds is 4. The molecule has 0 heterocycles. The van der Waals surface area contributed by atoms with Crippen LogP contribution >= 0.6 is 12.2 Å². The Kier molecular flexibility index (Phi) is 4.03. The van der Waals surface area contributed by atoms with Gasteiger partial charge >= 0.3 is 0 Å². The quantitative estimate of drug-likeness (QED) is 0.775. The van der Waals surface area contributed by atoms with E-state index in [0.717, 1.165) is 12.1 Å². The number of benzene rings is 1. The normalized spacial score (nSPS) is 12.2. The summed E-state index contributed by atoms with van der Waals surface area (Å²) in [6.45, 7) is 4.11. The van der Waals surface area contributed by atoms with E-state index in [1.807, 2.05) is 6.92 Å². The van der Waals surface area contributed by atoms with Gasteiger partial charge < -0.3 is 11.1 Å². The molecule has 0 radical (unpaired) electrons. The zero-order chi connectivity index (χ0) is 11.4. The molecule has 0 aliphatic carbocycles. The van der Waals surface area contributed by atoms with Crippen LogP contribution in [0.15, 0.2) is 18.2 Å². The van der Waals surface area contributed by atoms with E-state index in [-0.39, 0.29) is 10.8 Å². The lowest BCUT2D eigenvalue weighted by Gasteiger charge is -2.13. The summed E-state index contributed by atoms with van der Waals surface area (Å²) in [5.41, 5.74) is 6.41. The largest absolute Gasteiger partial charge is 0.389 e. The van der Waals surface area contributed by atoms with Crippen molar-refractivity contribution in [1.82, 2.24) is 0 Å². The van der Waals surface area contributed by atoms with E-state index in [4.69, 9.17) is 18.0 Å². The molecule has 15 heavy (non-hydrogen) atoms. The Morgan fingerprint density at radius 1 is 1.60 bits per heavy atom. The van der Waals surface area contributed by atoms with E-state index in [2.05, 4.69) is 12.2 Å². The zero-order valence-corrected chi connectivity index (χ0v) is 9.70. The summed E-state index contributed by atoms with van der Waals surface area (Å²) in [5.74, 6) is -0.379. The fraction of sp³-hybridized carbons (Fsp3) is 0.364. The molecule has 0 bridgehead atoms. The van der Waals surface area contributed by atoms with Crippen molar-refractivity contribution in [2.45, 2.75) is 26.3 Å². The van der Waals surface area contributed by atoms with Crippen LogP contribution in [0, 0.1) is 5.82 Å². The van der Waals surface area contributed by atoms with Crippen LogP contribution in [0.5, 0.6) is 0 Å². The molecule has 0 aliphatic rings. The summed E-state index contributed by atoms with van der Waals surface area (Å²) in [6, 6.07) is 5.12. The maximum absolute atomic E-state index is 13.4. The Hall–Kier alpha value is -1.16. The van der Waals surface area contributed by atoms with E-state index < -0.39 is 0 Å². The second kappa shape index (κ2) is 5.07. The Morgan fingerprint density at radius 2 is 2.27 bits per heavy atom. The van der Waals surface area contributed by atoms with Crippen LogP contribution in [0.3, 0.4) is 0 Å². The van der Waals surface area contributed by atoms with Crippen LogP contribution < -0.4 is 11.1 Å². The highest BCUT2D eigenvalue weighted by atomic mass is 32.1. The van der Waals surface area contributed by atoms with E-state index in [9.17, 15) is 4.39 Å². The lowest BCUT2D eigenvalue weighted by Crippen LogP contribution is -2.15. The Labute approximate surface area is 94.7 Å². The summed E-state index contributed by atoms with van der Waals surface area (Å²) in [5, 5.41) is 3.17. The van der Waals surface area contributed by atoms with Gasteiger partial charge in [-0.1, -0.05) is 19.1 Å². The van der Waals surface area contributed by atoms with Crippen molar-refractivity contribution in [3.05, 3.63) is 29.6 Å². The monoisotopic (exact) mass is 226 g/mol. The van der Waals surface area contributed by atoms with Crippen molar-refractivity contribution in [1.29, 1.82) is 0 Å². The van der Waals surface area contributed by atoms with Gasteiger partial charge in [0, 0.05) is 17.3 Å². The molecule has 0 aromatic heterocycles. The number of halogens is 1. The van der Waals surface area contributed by atoms with Gasteiger partial charge in [0.05, 0.1) is 0 Å². The second-order valence-electron chi connectivity index (χ2n) is 3.51. The number of nitrogens with two attached hydrogens (primary N) is 1. The van der Waals surface area contributed by atoms with Gasteiger partial charge in [-0.15, -0.1) is 0 Å². The lowest BCUT2D eigenvalue weighted by atomic mass is 10.1. The van der Waals surface area contributed by atoms with Crippen LogP contribution in [0.4, 0.5) is 10.1 Å². The van der Waals surface area contributed by atoms with Crippen molar-refractivity contribution in [2.75, 3.05) is 5.32 Å². The molecule has 0 amide bonds. The molecule has 0 fully saturated rings. The molecular formula is C11H15FN2S. The molecular weight excluding hydrogens is 211 g/mol. The molecule has 4 heteroatoms. The maximum atomic E-state index is 13.4.